The lowest BCUT2D eigenvalue weighted by atomic mass is 9.94. The average molecular weight is 190 g/mol. The molecule has 2 heteroatoms. The van der Waals surface area contributed by atoms with E-state index in [-0.39, 0.29) is 5.41 Å². The van der Waals surface area contributed by atoms with Crippen LogP contribution in [0.1, 0.15) is 19.4 Å². The molecular weight excluding hydrogens is 172 g/mol. The number of nitrogens with one attached hydrogen (secondary N) is 1. The Labute approximate surface area is 86.1 Å². The van der Waals surface area contributed by atoms with Gasteiger partial charge >= 0.3 is 0 Å². The summed E-state index contributed by atoms with van der Waals surface area (Å²) >= 11 is 0. The van der Waals surface area contributed by atoms with Crippen LogP contribution in [0, 0.1) is 12.3 Å². The molecule has 0 saturated heterocycles. The summed E-state index contributed by atoms with van der Waals surface area (Å²) in [6.45, 7) is 11.0. The maximum absolute atomic E-state index is 4.27. The number of anilines is 1. The van der Waals surface area contributed by atoms with Gasteiger partial charge in [-0.1, -0.05) is 26.0 Å². The number of aromatic nitrogens is 1. The van der Waals surface area contributed by atoms with Crippen LogP contribution in [-0.4, -0.2) is 11.5 Å². The van der Waals surface area contributed by atoms with Crippen LogP contribution in [0.5, 0.6) is 0 Å². The van der Waals surface area contributed by atoms with Crippen LogP contribution in [0.3, 0.4) is 0 Å². The fourth-order valence-electron chi connectivity index (χ4n) is 0.963. The molecule has 2 nitrogen and oxygen atoms in total. The van der Waals surface area contributed by atoms with E-state index >= 15 is 0 Å². The van der Waals surface area contributed by atoms with E-state index < -0.39 is 0 Å². The molecule has 14 heavy (non-hydrogen) atoms. The van der Waals surface area contributed by atoms with Gasteiger partial charge in [0.25, 0.3) is 0 Å². The van der Waals surface area contributed by atoms with Crippen LogP contribution in [0.4, 0.5) is 5.82 Å². The molecule has 76 valence electrons. The Hall–Kier alpha value is -1.31. The zero-order valence-electron chi connectivity index (χ0n) is 9.17. The van der Waals surface area contributed by atoms with Crippen LogP contribution in [0.15, 0.2) is 31.0 Å². The van der Waals surface area contributed by atoms with Crippen LogP contribution in [0.2, 0.25) is 0 Å². The van der Waals surface area contributed by atoms with Gasteiger partial charge in [-0.3, -0.25) is 0 Å². The SMILES string of the molecule is C=CC(C)(C)CNc1ccc(C)cn1. The molecule has 0 radical (unpaired) electrons. The van der Waals surface area contributed by atoms with Gasteiger partial charge in [0.2, 0.25) is 0 Å². The van der Waals surface area contributed by atoms with Crippen LogP contribution in [-0.2, 0) is 0 Å². The fraction of sp³-hybridized carbons (Fsp3) is 0.417. The second-order valence-corrected chi connectivity index (χ2v) is 4.27. The van der Waals surface area contributed by atoms with Crippen molar-refractivity contribution in [1.82, 2.24) is 4.98 Å². The lowest BCUT2D eigenvalue weighted by molar-refractivity contribution is 0.513. The summed E-state index contributed by atoms with van der Waals surface area (Å²) in [6, 6.07) is 4.05. The zero-order valence-corrected chi connectivity index (χ0v) is 9.17. The van der Waals surface area contributed by atoms with Crippen molar-refractivity contribution in [3.63, 3.8) is 0 Å². The minimum atomic E-state index is 0.104. The summed E-state index contributed by atoms with van der Waals surface area (Å²) in [5.41, 5.74) is 1.28. The molecule has 0 fully saturated rings. The molecule has 1 aromatic rings. The third-order valence-corrected chi connectivity index (χ3v) is 2.19. The Morgan fingerprint density at radius 3 is 2.71 bits per heavy atom. The van der Waals surface area contributed by atoms with E-state index in [1.807, 2.05) is 25.3 Å². The van der Waals surface area contributed by atoms with Crippen molar-refractivity contribution in [3.05, 3.63) is 36.5 Å². The third kappa shape index (κ3) is 3.21. The van der Waals surface area contributed by atoms with E-state index in [4.69, 9.17) is 0 Å². The van der Waals surface area contributed by atoms with Crippen molar-refractivity contribution >= 4 is 5.82 Å². The number of aryl methyl sites for hydroxylation is 1. The first-order valence-electron chi connectivity index (χ1n) is 4.84. The van der Waals surface area contributed by atoms with Crippen molar-refractivity contribution in [2.24, 2.45) is 5.41 Å². The standard InChI is InChI=1S/C12H18N2/c1-5-12(3,4)9-14-11-7-6-10(2)8-13-11/h5-8H,1,9H2,2-4H3,(H,13,14). The molecule has 0 aromatic carbocycles. The smallest absolute Gasteiger partial charge is 0.125 e. The van der Waals surface area contributed by atoms with Crippen molar-refractivity contribution in [2.45, 2.75) is 20.8 Å². The maximum Gasteiger partial charge on any atom is 0.125 e. The van der Waals surface area contributed by atoms with Crippen molar-refractivity contribution in [2.75, 3.05) is 11.9 Å². The molecule has 0 unspecified atom stereocenters. The third-order valence-electron chi connectivity index (χ3n) is 2.19. The first-order chi connectivity index (χ1) is 6.53. The first-order valence-corrected chi connectivity index (χ1v) is 4.84. The molecule has 1 rings (SSSR count). The highest BCUT2D eigenvalue weighted by molar-refractivity contribution is 5.35. The molecule has 0 amide bonds. The van der Waals surface area contributed by atoms with Crippen LogP contribution < -0.4 is 5.32 Å². The summed E-state index contributed by atoms with van der Waals surface area (Å²) in [4.78, 5) is 4.27. The molecule has 0 spiro atoms. The predicted molar refractivity (Wildman–Crippen MR) is 61.4 cm³/mol. The molecule has 0 bridgehead atoms. The molecule has 1 N–H and O–H groups in total. The Kier molecular flexibility index (Phi) is 3.28. The van der Waals surface area contributed by atoms with Gasteiger partial charge in [0, 0.05) is 12.7 Å². The molecule has 0 saturated carbocycles. The number of rotatable bonds is 4. The van der Waals surface area contributed by atoms with Gasteiger partial charge in [-0.15, -0.1) is 6.58 Å². The van der Waals surface area contributed by atoms with Gasteiger partial charge in [-0.05, 0) is 24.0 Å². The van der Waals surface area contributed by atoms with Gasteiger partial charge in [-0.2, -0.15) is 0 Å². The second kappa shape index (κ2) is 4.27. The summed E-state index contributed by atoms with van der Waals surface area (Å²) in [5, 5.41) is 3.28. The van der Waals surface area contributed by atoms with Crippen molar-refractivity contribution in [1.29, 1.82) is 0 Å². The topological polar surface area (TPSA) is 24.9 Å². The predicted octanol–water partition coefficient (Wildman–Crippen LogP) is 3.01. The van der Waals surface area contributed by atoms with E-state index in [1.165, 1.54) is 5.56 Å². The van der Waals surface area contributed by atoms with Crippen molar-refractivity contribution < 1.29 is 0 Å². The van der Waals surface area contributed by atoms with E-state index in [0.29, 0.717) is 0 Å². The summed E-state index contributed by atoms with van der Waals surface area (Å²) < 4.78 is 0. The quantitative estimate of drug-likeness (QED) is 0.738. The Morgan fingerprint density at radius 1 is 1.50 bits per heavy atom. The highest BCUT2D eigenvalue weighted by atomic mass is 15.0. The summed E-state index contributed by atoms with van der Waals surface area (Å²) in [5.74, 6) is 0.922. The fourth-order valence-corrected chi connectivity index (χ4v) is 0.963. The van der Waals surface area contributed by atoms with E-state index in [0.717, 1.165) is 12.4 Å². The lowest BCUT2D eigenvalue weighted by Gasteiger charge is -2.20. The highest BCUT2D eigenvalue weighted by Gasteiger charge is 2.11. The van der Waals surface area contributed by atoms with Gasteiger partial charge < -0.3 is 5.32 Å². The minimum Gasteiger partial charge on any atom is -0.369 e. The Morgan fingerprint density at radius 2 is 2.21 bits per heavy atom. The number of hydrogen-bond donors (Lipinski definition) is 1. The molecule has 0 aliphatic carbocycles. The van der Waals surface area contributed by atoms with Crippen LogP contribution >= 0.6 is 0 Å². The molecule has 0 aliphatic rings. The van der Waals surface area contributed by atoms with E-state index in [1.54, 1.807) is 0 Å². The Bertz CT molecular complexity index is 299. The molecule has 0 atom stereocenters. The summed E-state index contributed by atoms with van der Waals surface area (Å²) in [6.07, 6.45) is 3.82. The minimum absolute atomic E-state index is 0.104. The Balaban J connectivity index is 2.54. The number of nitrogens with zero attached hydrogens (tertiary/aromatic N) is 1. The van der Waals surface area contributed by atoms with Crippen LogP contribution in [0.25, 0.3) is 0 Å². The zero-order chi connectivity index (χ0) is 10.6. The van der Waals surface area contributed by atoms with Gasteiger partial charge in [-0.25, -0.2) is 4.98 Å². The molecule has 0 aliphatic heterocycles. The molecular formula is C12H18N2. The summed E-state index contributed by atoms with van der Waals surface area (Å²) in [7, 11) is 0. The van der Waals surface area contributed by atoms with Gasteiger partial charge in [0.15, 0.2) is 0 Å². The van der Waals surface area contributed by atoms with Gasteiger partial charge in [0.1, 0.15) is 5.82 Å². The first kappa shape index (κ1) is 10.8. The van der Waals surface area contributed by atoms with Crippen molar-refractivity contribution in [3.8, 4) is 0 Å². The molecule has 1 heterocycles. The maximum atomic E-state index is 4.27. The normalized spacial score (nSPS) is 11.1. The average Bonchev–Trinajstić information content (AvgIpc) is 2.17. The van der Waals surface area contributed by atoms with E-state index in [9.17, 15) is 0 Å². The largest absolute Gasteiger partial charge is 0.369 e. The number of hydrogen-bond acceptors (Lipinski definition) is 2. The second-order valence-electron chi connectivity index (χ2n) is 4.27. The van der Waals surface area contributed by atoms with Gasteiger partial charge in [0.05, 0.1) is 0 Å². The highest BCUT2D eigenvalue weighted by Crippen LogP contribution is 2.16. The molecule has 1 aromatic heterocycles. The van der Waals surface area contributed by atoms with E-state index in [2.05, 4.69) is 36.8 Å². The monoisotopic (exact) mass is 190 g/mol. The number of pyridine rings is 1. The lowest BCUT2D eigenvalue weighted by Crippen LogP contribution is -2.20.